The summed E-state index contributed by atoms with van der Waals surface area (Å²) in [5.41, 5.74) is 1.04. The summed E-state index contributed by atoms with van der Waals surface area (Å²) in [6, 6.07) is 6.74. The molecule has 0 unspecified atom stereocenters. The third kappa shape index (κ3) is 9.92. The third-order valence-electron chi connectivity index (χ3n) is 3.05. The first-order valence-corrected chi connectivity index (χ1v) is 9.43. The molecule has 0 aliphatic heterocycles. The zero-order valence-corrected chi connectivity index (χ0v) is 15.2. The summed E-state index contributed by atoms with van der Waals surface area (Å²) in [5.74, 6) is 0. The molecule has 0 aliphatic carbocycles. The van der Waals surface area contributed by atoms with E-state index < -0.39 is 10.1 Å². The minimum atomic E-state index is -3.57. The van der Waals surface area contributed by atoms with Gasteiger partial charge in [-0.05, 0) is 39.6 Å². The van der Waals surface area contributed by atoms with Crippen LogP contribution in [0.1, 0.15) is 51.0 Å². The Kier molecular flexibility index (Phi) is 12.1. The Morgan fingerprint density at radius 3 is 2.00 bits per heavy atom. The van der Waals surface area contributed by atoms with Crippen molar-refractivity contribution in [1.29, 1.82) is 0 Å². The predicted octanol–water partition coefficient (Wildman–Crippen LogP) is 3.90. The van der Waals surface area contributed by atoms with Crippen molar-refractivity contribution in [2.45, 2.75) is 57.3 Å². The van der Waals surface area contributed by atoms with Gasteiger partial charge in [0.05, 0.1) is 11.5 Å². The molecule has 1 aromatic rings. The van der Waals surface area contributed by atoms with Gasteiger partial charge in [0, 0.05) is 0 Å². The normalized spacial score (nSPS) is 10.9. The average Bonchev–Trinajstić information content (AvgIpc) is 2.47. The molecule has 5 heteroatoms. The smallest absolute Gasteiger partial charge is 0.296 e. The molecule has 1 rings (SSSR count). The molecule has 128 valence electrons. The summed E-state index contributed by atoms with van der Waals surface area (Å²) in [7, 11) is 0.176. The van der Waals surface area contributed by atoms with Crippen molar-refractivity contribution < 1.29 is 12.6 Å². The van der Waals surface area contributed by atoms with Gasteiger partial charge < -0.3 is 5.32 Å². The van der Waals surface area contributed by atoms with Crippen LogP contribution >= 0.6 is 0 Å². The summed E-state index contributed by atoms with van der Waals surface area (Å²) in [5, 5.41) is 2.75. The fourth-order valence-electron chi connectivity index (χ4n) is 1.82. The molecule has 1 aromatic carbocycles. The Morgan fingerprint density at radius 2 is 1.45 bits per heavy atom. The van der Waals surface area contributed by atoms with Crippen LogP contribution in [-0.4, -0.2) is 29.1 Å². The maximum atomic E-state index is 11.9. The lowest BCUT2D eigenvalue weighted by Crippen LogP contribution is -2.07. The monoisotopic (exact) mass is 329 g/mol. The Balaban J connectivity index is 0.00000135. The largest absolute Gasteiger partial charge is 0.323 e. The minimum Gasteiger partial charge on any atom is -0.323 e. The van der Waals surface area contributed by atoms with E-state index >= 15 is 0 Å². The Morgan fingerprint density at radius 1 is 0.955 bits per heavy atom. The Labute approximate surface area is 136 Å². The maximum Gasteiger partial charge on any atom is 0.296 e. The number of unbranched alkanes of at least 4 members (excludes halogenated alkanes) is 5. The average molecular weight is 330 g/mol. The van der Waals surface area contributed by atoms with Crippen molar-refractivity contribution in [3.63, 3.8) is 0 Å². The van der Waals surface area contributed by atoms with E-state index in [0.717, 1.165) is 24.8 Å². The predicted molar refractivity (Wildman–Crippen MR) is 92.7 cm³/mol. The van der Waals surface area contributed by atoms with Gasteiger partial charge in [0.15, 0.2) is 0 Å². The van der Waals surface area contributed by atoms with Crippen LogP contribution in [0.15, 0.2) is 29.2 Å². The molecule has 0 amide bonds. The van der Waals surface area contributed by atoms with E-state index in [1.807, 2.05) is 21.0 Å². The number of rotatable bonds is 9. The van der Waals surface area contributed by atoms with Gasteiger partial charge in [-0.2, -0.15) is 8.42 Å². The number of aryl methyl sites for hydroxylation is 1. The molecule has 0 fully saturated rings. The number of nitrogens with one attached hydrogen (secondary N) is 1. The van der Waals surface area contributed by atoms with Crippen molar-refractivity contribution >= 4 is 10.1 Å². The van der Waals surface area contributed by atoms with Crippen LogP contribution in [0.3, 0.4) is 0 Å². The molecule has 0 atom stereocenters. The summed E-state index contributed by atoms with van der Waals surface area (Å²) in [6.45, 7) is 4.38. The quantitative estimate of drug-likeness (QED) is 0.551. The lowest BCUT2D eigenvalue weighted by Gasteiger charge is -2.06. The molecule has 22 heavy (non-hydrogen) atoms. The molecule has 0 saturated heterocycles. The van der Waals surface area contributed by atoms with Crippen molar-refractivity contribution in [1.82, 2.24) is 5.32 Å². The first-order valence-electron chi connectivity index (χ1n) is 8.02. The molecule has 0 spiro atoms. The minimum absolute atomic E-state index is 0.240. The molecule has 0 aromatic heterocycles. The topological polar surface area (TPSA) is 55.4 Å². The fourth-order valence-corrected chi connectivity index (χ4v) is 2.77. The van der Waals surface area contributed by atoms with Gasteiger partial charge in [-0.3, -0.25) is 4.18 Å². The van der Waals surface area contributed by atoms with E-state index in [-0.39, 0.29) is 11.5 Å². The van der Waals surface area contributed by atoms with Crippen molar-refractivity contribution in [3.05, 3.63) is 29.8 Å². The van der Waals surface area contributed by atoms with Crippen LogP contribution in [0.2, 0.25) is 0 Å². The highest BCUT2D eigenvalue weighted by molar-refractivity contribution is 7.86. The molecule has 4 nitrogen and oxygen atoms in total. The zero-order chi connectivity index (χ0) is 16.8. The van der Waals surface area contributed by atoms with Gasteiger partial charge in [-0.25, -0.2) is 0 Å². The zero-order valence-electron chi connectivity index (χ0n) is 14.4. The summed E-state index contributed by atoms with van der Waals surface area (Å²) in [4.78, 5) is 0.240. The van der Waals surface area contributed by atoms with Gasteiger partial charge >= 0.3 is 0 Å². The van der Waals surface area contributed by atoms with Crippen LogP contribution in [0, 0.1) is 6.92 Å². The van der Waals surface area contributed by atoms with Crippen molar-refractivity contribution in [2.24, 2.45) is 0 Å². The SMILES string of the molecule is CCCCCCCCOS(=O)(=O)c1ccc(C)cc1.CNC. The maximum absolute atomic E-state index is 11.9. The summed E-state index contributed by atoms with van der Waals surface area (Å²) < 4.78 is 28.7. The van der Waals surface area contributed by atoms with Crippen molar-refractivity contribution in [2.75, 3.05) is 20.7 Å². The van der Waals surface area contributed by atoms with Crippen LogP contribution in [-0.2, 0) is 14.3 Å². The highest BCUT2D eigenvalue weighted by atomic mass is 32.2. The molecule has 1 N–H and O–H groups in total. The van der Waals surface area contributed by atoms with Crippen molar-refractivity contribution in [3.8, 4) is 0 Å². The second-order valence-corrected chi connectivity index (χ2v) is 6.97. The van der Waals surface area contributed by atoms with Crippen LogP contribution < -0.4 is 5.32 Å². The number of hydrogen-bond donors (Lipinski definition) is 1. The highest BCUT2D eigenvalue weighted by Crippen LogP contribution is 2.14. The fraction of sp³-hybridized carbons (Fsp3) is 0.647. The second kappa shape index (κ2) is 12.6. The number of benzene rings is 1. The van der Waals surface area contributed by atoms with E-state index in [2.05, 4.69) is 12.2 Å². The standard InChI is InChI=1S/C15H24O3S.C2H7N/c1-3-4-5-6-7-8-13-18-19(16,17)15-11-9-14(2)10-12-15;1-3-2/h9-12H,3-8,13H2,1-2H3;3H,1-2H3. The van der Waals surface area contributed by atoms with Crippen LogP contribution in [0.25, 0.3) is 0 Å². The van der Waals surface area contributed by atoms with E-state index in [1.165, 1.54) is 19.3 Å². The molecule has 0 aliphatic rings. The molecule has 0 radical (unpaired) electrons. The van der Waals surface area contributed by atoms with Gasteiger partial charge in [0.2, 0.25) is 0 Å². The molecule has 0 bridgehead atoms. The molecular weight excluding hydrogens is 298 g/mol. The van der Waals surface area contributed by atoms with Gasteiger partial charge in [0.25, 0.3) is 10.1 Å². The van der Waals surface area contributed by atoms with Crippen LogP contribution in [0.4, 0.5) is 0 Å². The van der Waals surface area contributed by atoms with E-state index in [9.17, 15) is 8.42 Å². The molecular formula is C17H31NO3S. The van der Waals surface area contributed by atoms with Gasteiger partial charge in [0.1, 0.15) is 0 Å². The van der Waals surface area contributed by atoms with Crippen LogP contribution in [0.5, 0.6) is 0 Å². The summed E-state index contributed by atoms with van der Waals surface area (Å²) in [6.07, 6.45) is 6.68. The highest BCUT2D eigenvalue weighted by Gasteiger charge is 2.13. The van der Waals surface area contributed by atoms with E-state index in [0.29, 0.717) is 0 Å². The first kappa shape index (κ1) is 21.1. The van der Waals surface area contributed by atoms with Gasteiger partial charge in [-0.1, -0.05) is 56.7 Å². The molecule has 0 saturated carbocycles. The lowest BCUT2D eigenvalue weighted by atomic mass is 10.1. The Hall–Kier alpha value is -0.910. The number of hydrogen-bond acceptors (Lipinski definition) is 4. The van der Waals surface area contributed by atoms with E-state index in [1.54, 1.807) is 24.3 Å². The molecule has 0 heterocycles. The van der Waals surface area contributed by atoms with E-state index in [4.69, 9.17) is 4.18 Å². The third-order valence-corrected chi connectivity index (χ3v) is 4.37. The summed E-state index contributed by atoms with van der Waals surface area (Å²) >= 11 is 0. The Bertz CT molecular complexity index is 469. The second-order valence-electron chi connectivity index (χ2n) is 5.36. The first-order chi connectivity index (χ1) is 10.5. The van der Waals surface area contributed by atoms with Gasteiger partial charge in [-0.15, -0.1) is 0 Å². The lowest BCUT2D eigenvalue weighted by molar-refractivity contribution is 0.306.